The molecule has 0 atom stereocenters. The van der Waals surface area contributed by atoms with Crippen LogP contribution in [0, 0.1) is 0 Å². The Hall–Kier alpha value is -2.89. The van der Waals surface area contributed by atoms with Crippen molar-refractivity contribution in [1.82, 2.24) is 14.8 Å². The zero-order valence-corrected chi connectivity index (χ0v) is 9.82. The van der Waals surface area contributed by atoms with Gasteiger partial charge in [-0.15, -0.1) is 0 Å². The predicted molar refractivity (Wildman–Crippen MR) is 70.2 cm³/mol. The minimum absolute atomic E-state index is 0.0534. The molecule has 0 amide bonds. The third-order valence-electron chi connectivity index (χ3n) is 2.82. The SMILES string of the molecule is Nc1cc(C(=O)O)cnc1-n1ncc2ccccc21. The summed E-state index contributed by atoms with van der Waals surface area (Å²) in [5, 5.41) is 14.1. The second kappa shape index (κ2) is 4.09. The summed E-state index contributed by atoms with van der Waals surface area (Å²) in [7, 11) is 0. The van der Waals surface area contributed by atoms with E-state index in [1.807, 2.05) is 24.3 Å². The lowest BCUT2D eigenvalue weighted by Gasteiger charge is -2.06. The molecule has 0 aliphatic rings. The number of carbonyl (C=O) groups is 1. The molecule has 0 spiro atoms. The number of anilines is 1. The van der Waals surface area contributed by atoms with Gasteiger partial charge in [-0.05, 0) is 12.1 Å². The van der Waals surface area contributed by atoms with Crippen LogP contribution in [0.2, 0.25) is 0 Å². The molecular formula is C13H10N4O2. The number of hydrogen-bond acceptors (Lipinski definition) is 4. The van der Waals surface area contributed by atoms with E-state index in [0.717, 1.165) is 10.9 Å². The van der Waals surface area contributed by atoms with Crippen molar-refractivity contribution in [3.8, 4) is 5.82 Å². The number of fused-ring (bicyclic) bond motifs is 1. The Morgan fingerprint density at radius 3 is 2.79 bits per heavy atom. The van der Waals surface area contributed by atoms with Crippen LogP contribution < -0.4 is 5.73 Å². The summed E-state index contributed by atoms with van der Waals surface area (Å²) in [5.41, 5.74) is 7.05. The Morgan fingerprint density at radius 1 is 1.26 bits per heavy atom. The second-order valence-electron chi connectivity index (χ2n) is 4.06. The molecule has 0 saturated carbocycles. The molecule has 6 heteroatoms. The molecule has 2 aromatic heterocycles. The molecule has 3 aromatic rings. The molecule has 19 heavy (non-hydrogen) atoms. The summed E-state index contributed by atoms with van der Waals surface area (Å²) in [6, 6.07) is 9.01. The van der Waals surface area contributed by atoms with Crippen LogP contribution in [-0.4, -0.2) is 25.8 Å². The highest BCUT2D eigenvalue weighted by Gasteiger charge is 2.11. The number of carboxylic acids is 1. The fraction of sp³-hybridized carbons (Fsp3) is 0. The summed E-state index contributed by atoms with van der Waals surface area (Å²) in [5.74, 6) is -0.637. The fourth-order valence-electron chi connectivity index (χ4n) is 1.91. The molecule has 3 rings (SSSR count). The number of para-hydroxylation sites is 1. The number of nitrogens with zero attached hydrogens (tertiary/aromatic N) is 3. The molecule has 0 aliphatic heterocycles. The monoisotopic (exact) mass is 254 g/mol. The highest BCUT2D eigenvalue weighted by molar-refractivity contribution is 5.89. The van der Waals surface area contributed by atoms with Gasteiger partial charge in [-0.3, -0.25) is 0 Å². The van der Waals surface area contributed by atoms with Crippen LogP contribution in [-0.2, 0) is 0 Å². The average molecular weight is 254 g/mol. The highest BCUT2D eigenvalue weighted by atomic mass is 16.4. The molecule has 0 aliphatic carbocycles. The lowest BCUT2D eigenvalue weighted by Crippen LogP contribution is -2.07. The minimum Gasteiger partial charge on any atom is -0.478 e. The number of aromatic nitrogens is 3. The largest absolute Gasteiger partial charge is 0.478 e. The van der Waals surface area contributed by atoms with E-state index in [0.29, 0.717) is 5.82 Å². The van der Waals surface area contributed by atoms with Gasteiger partial charge in [-0.25, -0.2) is 14.5 Å². The first-order valence-electron chi connectivity index (χ1n) is 5.59. The Kier molecular flexibility index (Phi) is 2.42. The van der Waals surface area contributed by atoms with Gasteiger partial charge in [0.1, 0.15) is 0 Å². The molecule has 0 fully saturated rings. The van der Waals surface area contributed by atoms with E-state index >= 15 is 0 Å². The van der Waals surface area contributed by atoms with Gasteiger partial charge in [-0.1, -0.05) is 18.2 Å². The molecule has 0 saturated heterocycles. The summed E-state index contributed by atoms with van der Waals surface area (Å²) >= 11 is 0. The van der Waals surface area contributed by atoms with Crippen molar-refractivity contribution < 1.29 is 9.90 Å². The van der Waals surface area contributed by atoms with E-state index in [1.54, 1.807) is 10.9 Å². The van der Waals surface area contributed by atoms with E-state index < -0.39 is 5.97 Å². The predicted octanol–water partition coefficient (Wildman–Crippen LogP) is 1.70. The smallest absolute Gasteiger partial charge is 0.337 e. The third kappa shape index (κ3) is 1.79. The average Bonchev–Trinajstić information content (AvgIpc) is 2.82. The molecule has 0 unspecified atom stereocenters. The maximum Gasteiger partial charge on any atom is 0.337 e. The van der Waals surface area contributed by atoms with Crippen molar-refractivity contribution in [3.63, 3.8) is 0 Å². The lowest BCUT2D eigenvalue weighted by atomic mass is 10.2. The highest BCUT2D eigenvalue weighted by Crippen LogP contribution is 2.21. The van der Waals surface area contributed by atoms with Gasteiger partial charge in [0.2, 0.25) is 0 Å². The molecular weight excluding hydrogens is 244 g/mol. The van der Waals surface area contributed by atoms with Crippen LogP contribution in [0.3, 0.4) is 0 Å². The summed E-state index contributed by atoms with van der Waals surface area (Å²) < 4.78 is 1.59. The van der Waals surface area contributed by atoms with Gasteiger partial charge in [-0.2, -0.15) is 5.10 Å². The molecule has 1 aromatic carbocycles. The fourth-order valence-corrected chi connectivity index (χ4v) is 1.91. The summed E-state index contributed by atoms with van der Waals surface area (Å²) in [6.45, 7) is 0. The molecule has 6 nitrogen and oxygen atoms in total. The van der Waals surface area contributed by atoms with Crippen LogP contribution in [0.5, 0.6) is 0 Å². The zero-order valence-electron chi connectivity index (χ0n) is 9.82. The Balaban J connectivity index is 2.19. The maximum absolute atomic E-state index is 10.8. The molecule has 0 bridgehead atoms. The van der Waals surface area contributed by atoms with Gasteiger partial charge >= 0.3 is 5.97 Å². The van der Waals surface area contributed by atoms with E-state index in [-0.39, 0.29) is 11.3 Å². The number of pyridine rings is 1. The van der Waals surface area contributed by atoms with E-state index in [4.69, 9.17) is 10.8 Å². The second-order valence-corrected chi connectivity index (χ2v) is 4.06. The minimum atomic E-state index is -1.06. The quantitative estimate of drug-likeness (QED) is 0.725. The van der Waals surface area contributed by atoms with E-state index in [2.05, 4.69) is 10.1 Å². The Bertz CT molecular complexity index is 779. The number of rotatable bonds is 2. The van der Waals surface area contributed by atoms with Gasteiger partial charge in [0, 0.05) is 11.6 Å². The molecule has 0 radical (unpaired) electrons. The van der Waals surface area contributed by atoms with Crippen LogP contribution in [0.25, 0.3) is 16.7 Å². The van der Waals surface area contributed by atoms with E-state index in [9.17, 15) is 4.79 Å². The number of hydrogen-bond donors (Lipinski definition) is 2. The number of nitrogen functional groups attached to an aromatic ring is 1. The first-order valence-corrected chi connectivity index (χ1v) is 5.59. The summed E-state index contributed by atoms with van der Waals surface area (Å²) in [6.07, 6.45) is 2.98. The number of aromatic carboxylic acids is 1. The summed E-state index contributed by atoms with van der Waals surface area (Å²) in [4.78, 5) is 14.9. The standard InChI is InChI=1S/C13H10N4O2/c14-10-5-9(13(18)19)6-15-12(10)17-11-4-2-1-3-8(11)7-16-17/h1-7H,14H2,(H,18,19). The van der Waals surface area contributed by atoms with Crippen molar-refractivity contribution >= 4 is 22.6 Å². The lowest BCUT2D eigenvalue weighted by molar-refractivity contribution is 0.0696. The van der Waals surface area contributed by atoms with Crippen LogP contribution in [0.1, 0.15) is 10.4 Å². The van der Waals surface area contributed by atoms with Crippen molar-refractivity contribution in [2.24, 2.45) is 0 Å². The molecule has 2 heterocycles. The maximum atomic E-state index is 10.8. The van der Waals surface area contributed by atoms with Crippen molar-refractivity contribution in [3.05, 3.63) is 48.3 Å². The third-order valence-corrected chi connectivity index (χ3v) is 2.82. The van der Waals surface area contributed by atoms with Crippen LogP contribution in [0.4, 0.5) is 5.69 Å². The first-order chi connectivity index (χ1) is 9.16. The molecule has 94 valence electrons. The van der Waals surface area contributed by atoms with Crippen LogP contribution >= 0.6 is 0 Å². The van der Waals surface area contributed by atoms with Crippen molar-refractivity contribution in [2.45, 2.75) is 0 Å². The number of benzene rings is 1. The van der Waals surface area contributed by atoms with Crippen LogP contribution in [0.15, 0.2) is 42.7 Å². The first kappa shape index (κ1) is 11.2. The zero-order chi connectivity index (χ0) is 13.4. The van der Waals surface area contributed by atoms with Gasteiger partial charge in [0.05, 0.1) is 23.0 Å². The van der Waals surface area contributed by atoms with Gasteiger partial charge in [0.15, 0.2) is 5.82 Å². The van der Waals surface area contributed by atoms with Crippen molar-refractivity contribution in [2.75, 3.05) is 5.73 Å². The van der Waals surface area contributed by atoms with Gasteiger partial charge < -0.3 is 10.8 Å². The molecule has 3 N–H and O–H groups in total. The normalized spacial score (nSPS) is 10.7. The Morgan fingerprint density at radius 2 is 2.05 bits per heavy atom. The number of nitrogens with two attached hydrogens (primary N) is 1. The topological polar surface area (TPSA) is 94.0 Å². The van der Waals surface area contributed by atoms with Crippen molar-refractivity contribution in [1.29, 1.82) is 0 Å². The van der Waals surface area contributed by atoms with Gasteiger partial charge in [0.25, 0.3) is 0 Å². The van der Waals surface area contributed by atoms with E-state index in [1.165, 1.54) is 12.3 Å². The number of carboxylic acid groups (broad SMARTS) is 1. The Labute approximate surface area is 108 Å².